The van der Waals surface area contributed by atoms with E-state index in [1.807, 2.05) is 66.7 Å². The van der Waals surface area contributed by atoms with Crippen LogP contribution in [0.1, 0.15) is 12.0 Å². The minimum absolute atomic E-state index is 0.0278. The van der Waals surface area contributed by atoms with Crippen molar-refractivity contribution in [1.29, 1.82) is 0 Å². The summed E-state index contributed by atoms with van der Waals surface area (Å²) in [6, 6.07) is 24.9. The first kappa shape index (κ1) is 25.4. The molecule has 0 aromatic heterocycles. The van der Waals surface area contributed by atoms with Gasteiger partial charge in [-0.15, -0.1) is 11.5 Å². The second-order valence-corrected chi connectivity index (χ2v) is 16.2. The third-order valence-electron chi connectivity index (χ3n) is 5.01. The molecule has 0 fully saturated rings. The van der Waals surface area contributed by atoms with E-state index in [1.54, 1.807) is 24.3 Å². The van der Waals surface area contributed by atoms with Gasteiger partial charge >= 0.3 is 0 Å². The summed E-state index contributed by atoms with van der Waals surface area (Å²) in [5.74, 6) is 3.27. The molecule has 0 heterocycles. The predicted octanol–water partition coefficient (Wildman–Crippen LogP) is 5.77. The number of hydrogen-bond acceptors (Lipinski definition) is 3. The zero-order valence-electron chi connectivity index (χ0n) is 19.6. The maximum absolute atomic E-state index is 14.5. The number of nitrogens with one attached hydrogen (secondary N) is 1. The first-order chi connectivity index (χ1) is 16.2. The summed E-state index contributed by atoms with van der Waals surface area (Å²) < 4.78 is 14.5. The van der Waals surface area contributed by atoms with E-state index in [-0.39, 0.29) is 11.7 Å². The molecule has 0 amide bonds. The minimum atomic E-state index is -3.20. The lowest BCUT2D eigenvalue weighted by Crippen LogP contribution is -2.34. The van der Waals surface area contributed by atoms with Gasteiger partial charge in [-0.1, -0.05) is 80.3 Å². The van der Waals surface area contributed by atoms with E-state index in [4.69, 9.17) is 0 Å². The molecule has 3 aromatic rings. The predicted molar refractivity (Wildman–Crippen MR) is 145 cm³/mol. The quantitative estimate of drug-likeness (QED) is 0.144. The second-order valence-electron chi connectivity index (χ2n) is 8.95. The molecule has 0 radical (unpaired) electrons. The number of nitro groups is 1. The van der Waals surface area contributed by atoms with Crippen molar-refractivity contribution < 1.29 is 9.49 Å². The van der Waals surface area contributed by atoms with Crippen LogP contribution < -0.4 is 15.7 Å². The standard InChI is InChI=1S/C27H29N2O3PSi/c1-34(2,3)22-12-14-24(21-20-23-13-10-11-19-27(23)29(30)31)28-33(32,25-15-6-4-7-16-25)26-17-8-5-9-18-26/h4-11,13,15-21,24H,14H2,1-3H3,(H,28,32)/b21-20+/t24-/m0/s1. The lowest BCUT2D eigenvalue weighted by molar-refractivity contribution is -0.385. The van der Waals surface area contributed by atoms with Crippen molar-refractivity contribution in [2.45, 2.75) is 32.1 Å². The Morgan fingerprint density at radius 2 is 1.47 bits per heavy atom. The molecule has 0 aliphatic rings. The van der Waals surface area contributed by atoms with Gasteiger partial charge in [-0.2, -0.15) is 0 Å². The number of benzene rings is 3. The highest BCUT2D eigenvalue weighted by Gasteiger charge is 2.29. The van der Waals surface area contributed by atoms with Crippen LogP contribution in [0.2, 0.25) is 19.6 Å². The monoisotopic (exact) mass is 488 g/mol. The van der Waals surface area contributed by atoms with Gasteiger partial charge in [0.1, 0.15) is 8.07 Å². The molecule has 0 spiro atoms. The van der Waals surface area contributed by atoms with Gasteiger partial charge in [0.15, 0.2) is 0 Å². The Kier molecular flexibility index (Phi) is 8.41. The van der Waals surface area contributed by atoms with Crippen LogP contribution in [0, 0.1) is 21.6 Å². The molecular formula is C27H29N2O3PSi. The molecule has 0 bridgehead atoms. The topological polar surface area (TPSA) is 72.2 Å². The lowest BCUT2D eigenvalue weighted by Gasteiger charge is -2.24. The average molecular weight is 489 g/mol. The van der Waals surface area contributed by atoms with E-state index in [1.165, 1.54) is 6.07 Å². The fourth-order valence-corrected chi connectivity index (χ4v) is 6.46. The molecule has 0 aliphatic carbocycles. The smallest absolute Gasteiger partial charge is 0.276 e. The summed E-state index contributed by atoms with van der Waals surface area (Å²) in [7, 11) is -4.80. The number of rotatable bonds is 8. The van der Waals surface area contributed by atoms with Crippen molar-refractivity contribution in [3.8, 4) is 11.5 Å². The van der Waals surface area contributed by atoms with Crippen LogP contribution in [0.3, 0.4) is 0 Å². The van der Waals surface area contributed by atoms with Gasteiger partial charge in [-0.3, -0.25) is 19.8 Å². The molecule has 0 aliphatic heterocycles. The van der Waals surface area contributed by atoms with Gasteiger partial charge in [0.2, 0.25) is 7.29 Å². The SMILES string of the molecule is C[Si](C)(C)C#CC[C@@H](/C=C/c1ccccc1[N+](=O)[O-])NP(=O)(c1ccccc1)c1ccccc1. The molecule has 3 rings (SSSR count). The fourth-order valence-electron chi connectivity index (χ4n) is 3.40. The van der Waals surface area contributed by atoms with Crippen molar-refractivity contribution in [3.63, 3.8) is 0 Å². The zero-order valence-corrected chi connectivity index (χ0v) is 21.5. The van der Waals surface area contributed by atoms with Gasteiger partial charge in [0, 0.05) is 29.1 Å². The van der Waals surface area contributed by atoms with Gasteiger partial charge in [0.25, 0.3) is 5.69 Å². The van der Waals surface area contributed by atoms with Crippen LogP contribution in [0.25, 0.3) is 6.08 Å². The Morgan fingerprint density at radius 1 is 0.941 bits per heavy atom. The Morgan fingerprint density at radius 3 is 2.00 bits per heavy atom. The van der Waals surface area contributed by atoms with E-state index in [9.17, 15) is 14.7 Å². The van der Waals surface area contributed by atoms with Crippen LogP contribution in [-0.2, 0) is 4.57 Å². The third kappa shape index (κ3) is 6.88. The van der Waals surface area contributed by atoms with Crippen molar-refractivity contribution in [3.05, 3.63) is 107 Å². The van der Waals surface area contributed by atoms with Crippen LogP contribution in [-0.4, -0.2) is 19.0 Å². The number of nitrogens with zero attached hydrogens (tertiary/aromatic N) is 1. The number of para-hydroxylation sites is 1. The fraction of sp³-hybridized carbons (Fsp3) is 0.185. The van der Waals surface area contributed by atoms with Crippen LogP contribution in [0.5, 0.6) is 0 Å². The number of nitro benzene ring substituents is 1. The molecule has 174 valence electrons. The summed E-state index contributed by atoms with van der Waals surface area (Å²) in [6.07, 6.45) is 3.98. The maximum atomic E-state index is 14.5. The van der Waals surface area contributed by atoms with Gasteiger partial charge in [0.05, 0.1) is 10.5 Å². The summed E-state index contributed by atoms with van der Waals surface area (Å²) in [6.45, 7) is 6.51. The Labute approximate surface area is 202 Å². The molecule has 0 saturated carbocycles. The zero-order chi connectivity index (χ0) is 24.6. The van der Waals surface area contributed by atoms with E-state index in [0.29, 0.717) is 22.6 Å². The van der Waals surface area contributed by atoms with E-state index in [2.05, 4.69) is 36.2 Å². The largest absolute Gasteiger partial charge is 0.297 e. The summed E-state index contributed by atoms with van der Waals surface area (Å²) in [5, 5.41) is 16.2. The normalized spacial score (nSPS) is 12.7. The molecule has 34 heavy (non-hydrogen) atoms. The summed E-state index contributed by atoms with van der Waals surface area (Å²) >= 11 is 0. The van der Waals surface area contributed by atoms with E-state index in [0.717, 1.165) is 0 Å². The third-order valence-corrected chi connectivity index (χ3v) is 8.69. The highest BCUT2D eigenvalue weighted by atomic mass is 31.2. The molecule has 0 unspecified atom stereocenters. The molecule has 3 aromatic carbocycles. The second kappa shape index (κ2) is 11.3. The van der Waals surface area contributed by atoms with Gasteiger partial charge in [-0.05, 0) is 30.3 Å². The van der Waals surface area contributed by atoms with Gasteiger partial charge in [-0.25, -0.2) is 0 Å². The van der Waals surface area contributed by atoms with Crippen molar-refractivity contribution in [1.82, 2.24) is 5.09 Å². The molecule has 7 heteroatoms. The first-order valence-electron chi connectivity index (χ1n) is 11.1. The summed E-state index contributed by atoms with van der Waals surface area (Å²) in [4.78, 5) is 11.0. The Bertz CT molecular complexity index is 1220. The molecule has 5 nitrogen and oxygen atoms in total. The van der Waals surface area contributed by atoms with Crippen molar-refractivity contribution in [2.24, 2.45) is 0 Å². The van der Waals surface area contributed by atoms with Crippen molar-refractivity contribution in [2.75, 3.05) is 0 Å². The molecular weight excluding hydrogens is 459 g/mol. The van der Waals surface area contributed by atoms with E-state index < -0.39 is 20.3 Å². The highest BCUT2D eigenvalue weighted by molar-refractivity contribution is 7.76. The Hall–Kier alpha value is -3.23. The van der Waals surface area contributed by atoms with Crippen molar-refractivity contribution >= 4 is 37.7 Å². The highest BCUT2D eigenvalue weighted by Crippen LogP contribution is 2.39. The summed E-state index contributed by atoms with van der Waals surface area (Å²) in [5.41, 5.74) is 3.88. The molecule has 1 N–H and O–H groups in total. The average Bonchev–Trinajstić information content (AvgIpc) is 2.82. The van der Waals surface area contributed by atoms with Crippen LogP contribution >= 0.6 is 7.29 Å². The molecule has 0 saturated heterocycles. The first-order valence-corrected chi connectivity index (χ1v) is 16.3. The minimum Gasteiger partial charge on any atom is -0.297 e. The van der Waals surface area contributed by atoms with E-state index >= 15 is 0 Å². The maximum Gasteiger partial charge on any atom is 0.276 e. The van der Waals surface area contributed by atoms with Crippen LogP contribution in [0.4, 0.5) is 5.69 Å². The number of hydrogen-bond donors (Lipinski definition) is 1. The van der Waals surface area contributed by atoms with Gasteiger partial charge < -0.3 is 0 Å². The Balaban J connectivity index is 2.03. The van der Waals surface area contributed by atoms with Crippen LogP contribution in [0.15, 0.2) is 91.0 Å². The molecule has 1 atom stereocenters. The lowest BCUT2D eigenvalue weighted by atomic mass is 10.1.